The van der Waals surface area contributed by atoms with Crippen molar-refractivity contribution in [3.05, 3.63) is 83.3 Å². The molecule has 0 aliphatic carbocycles. The van der Waals surface area contributed by atoms with Gasteiger partial charge in [0, 0.05) is 17.6 Å². The van der Waals surface area contributed by atoms with Crippen molar-refractivity contribution in [3.63, 3.8) is 0 Å². The predicted octanol–water partition coefficient (Wildman–Crippen LogP) is 4.86. The zero-order valence-corrected chi connectivity index (χ0v) is 15.1. The first-order valence-corrected chi connectivity index (χ1v) is 9.07. The summed E-state index contributed by atoms with van der Waals surface area (Å²) in [7, 11) is 0. The molecule has 4 nitrogen and oxygen atoms in total. The minimum Gasteiger partial charge on any atom is -0.362 e. The first-order chi connectivity index (χ1) is 12.2. The van der Waals surface area contributed by atoms with Gasteiger partial charge < -0.3 is 5.32 Å². The van der Waals surface area contributed by atoms with Crippen LogP contribution in [0.2, 0.25) is 0 Å². The summed E-state index contributed by atoms with van der Waals surface area (Å²) in [5, 5.41) is 12.3. The van der Waals surface area contributed by atoms with Crippen molar-refractivity contribution in [1.82, 2.24) is 15.2 Å². The third-order valence-electron chi connectivity index (χ3n) is 3.63. The van der Waals surface area contributed by atoms with Crippen LogP contribution in [0.1, 0.15) is 22.5 Å². The molecular weight excluding hydrogens is 328 g/mol. The molecule has 1 heterocycles. The third kappa shape index (κ3) is 5.16. The predicted molar refractivity (Wildman–Crippen MR) is 104 cm³/mol. The maximum absolute atomic E-state index is 4.60. The van der Waals surface area contributed by atoms with Gasteiger partial charge in [-0.2, -0.15) is 5.10 Å². The second-order valence-corrected chi connectivity index (χ2v) is 6.63. The van der Waals surface area contributed by atoms with Gasteiger partial charge in [-0.3, -0.25) is 0 Å². The molecular formula is C20H20N4S. The van der Waals surface area contributed by atoms with Gasteiger partial charge in [0.05, 0.1) is 11.4 Å². The summed E-state index contributed by atoms with van der Waals surface area (Å²) in [5.41, 5.74) is 5.16. The summed E-state index contributed by atoms with van der Waals surface area (Å²) in [4.78, 5) is 4.60. The summed E-state index contributed by atoms with van der Waals surface area (Å²) in [6.45, 7) is 3.99. The Morgan fingerprint density at radius 2 is 1.72 bits per heavy atom. The van der Waals surface area contributed by atoms with Gasteiger partial charge in [0.2, 0.25) is 5.16 Å². The van der Waals surface area contributed by atoms with E-state index in [0.29, 0.717) is 5.16 Å². The second kappa shape index (κ2) is 8.44. The summed E-state index contributed by atoms with van der Waals surface area (Å²) < 4.78 is 0. The molecule has 0 unspecified atom stereocenters. The zero-order valence-electron chi connectivity index (χ0n) is 14.3. The SMILES string of the molecule is Cc1ccc(N/C=C/c2nc(SCc3ccccc3)nnc2C)cc1. The van der Waals surface area contributed by atoms with E-state index in [2.05, 4.69) is 51.7 Å². The molecule has 0 saturated heterocycles. The molecule has 1 aromatic heterocycles. The Morgan fingerprint density at radius 3 is 2.48 bits per heavy atom. The number of hydrogen-bond donors (Lipinski definition) is 1. The molecule has 5 heteroatoms. The zero-order chi connectivity index (χ0) is 17.5. The molecule has 0 radical (unpaired) electrons. The van der Waals surface area contributed by atoms with Crippen LogP contribution in [-0.4, -0.2) is 15.2 Å². The Kier molecular flexibility index (Phi) is 5.80. The average Bonchev–Trinajstić information content (AvgIpc) is 2.64. The van der Waals surface area contributed by atoms with Gasteiger partial charge in [0.1, 0.15) is 0 Å². The monoisotopic (exact) mass is 348 g/mol. The minimum atomic E-state index is 0.685. The summed E-state index contributed by atoms with van der Waals surface area (Å²) >= 11 is 1.59. The van der Waals surface area contributed by atoms with Crippen LogP contribution in [-0.2, 0) is 5.75 Å². The fourth-order valence-corrected chi connectivity index (χ4v) is 2.93. The van der Waals surface area contributed by atoms with E-state index in [4.69, 9.17) is 0 Å². The molecule has 0 aliphatic heterocycles. The largest absolute Gasteiger partial charge is 0.362 e. The van der Waals surface area contributed by atoms with Gasteiger partial charge >= 0.3 is 0 Å². The van der Waals surface area contributed by atoms with E-state index in [1.807, 2.05) is 49.5 Å². The number of nitrogens with zero attached hydrogens (tertiary/aromatic N) is 3. The van der Waals surface area contributed by atoms with E-state index >= 15 is 0 Å². The van der Waals surface area contributed by atoms with Gasteiger partial charge in [0.15, 0.2) is 0 Å². The van der Waals surface area contributed by atoms with E-state index in [-0.39, 0.29) is 0 Å². The van der Waals surface area contributed by atoms with E-state index in [9.17, 15) is 0 Å². The number of aromatic nitrogens is 3. The highest BCUT2D eigenvalue weighted by Crippen LogP contribution is 2.19. The Balaban J connectivity index is 1.64. The maximum atomic E-state index is 4.60. The minimum absolute atomic E-state index is 0.685. The van der Waals surface area contributed by atoms with Crippen molar-refractivity contribution >= 4 is 23.5 Å². The highest BCUT2D eigenvalue weighted by molar-refractivity contribution is 7.98. The van der Waals surface area contributed by atoms with Crippen LogP contribution in [0.15, 0.2) is 66.0 Å². The molecule has 1 N–H and O–H groups in total. The van der Waals surface area contributed by atoms with E-state index < -0.39 is 0 Å². The smallest absolute Gasteiger partial charge is 0.209 e. The van der Waals surface area contributed by atoms with Gasteiger partial charge in [-0.25, -0.2) is 4.98 Å². The van der Waals surface area contributed by atoms with E-state index in [1.165, 1.54) is 11.1 Å². The van der Waals surface area contributed by atoms with Crippen LogP contribution in [0.25, 0.3) is 6.08 Å². The Hall–Kier alpha value is -2.66. The van der Waals surface area contributed by atoms with Crippen molar-refractivity contribution in [2.24, 2.45) is 0 Å². The molecule has 0 amide bonds. The Labute approximate surface area is 152 Å². The van der Waals surface area contributed by atoms with Crippen molar-refractivity contribution in [1.29, 1.82) is 0 Å². The van der Waals surface area contributed by atoms with Crippen LogP contribution in [0.5, 0.6) is 0 Å². The van der Waals surface area contributed by atoms with Gasteiger partial charge in [-0.15, -0.1) is 5.10 Å². The van der Waals surface area contributed by atoms with Crippen molar-refractivity contribution in [2.75, 3.05) is 5.32 Å². The van der Waals surface area contributed by atoms with Gasteiger partial charge in [0.25, 0.3) is 0 Å². The number of benzene rings is 2. The Bertz CT molecular complexity index is 845. The van der Waals surface area contributed by atoms with Crippen molar-refractivity contribution in [3.8, 4) is 0 Å². The lowest BCUT2D eigenvalue weighted by Gasteiger charge is -2.04. The number of anilines is 1. The number of nitrogens with one attached hydrogen (secondary N) is 1. The van der Waals surface area contributed by atoms with Crippen LogP contribution < -0.4 is 5.32 Å². The summed E-state index contributed by atoms with van der Waals surface area (Å²) in [6, 6.07) is 18.5. The summed E-state index contributed by atoms with van der Waals surface area (Å²) in [6.07, 6.45) is 3.81. The fraction of sp³-hybridized carbons (Fsp3) is 0.150. The highest BCUT2D eigenvalue weighted by atomic mass is 32.2. The lowest BCUT2D eigenvalue weighted by Crippen LogP contribution is -1.99. The molecule has 0 fully saturated rings. The number of thioether (sulfide) groups is 1. The van der Waals surface area contributed by atoms with Crippen LogP contribution in [0, 0.1) is 13.8 Å². The Morgan fingerprint density at radius 1 is 0.960 bits per heavy atom. The molecule has 25 heavy (non-hydrogen) atoms. The lowest BCUT2D eigenvalue weighted by atomic mass is 10.2. The van der Waals surface area contributed by atoms with Crippen LogP contribution in [0.3, 0.4) is 0 Å². The average molecular weight is 348 g/mol. The topological polar surface area (TPSA) is 50.7 Å². The molecule has 0 spiro atoms. The second-order valence-electron chi connectivity index (χ2n) is 5.68. The number of aryl methyl sites for hydroxylation is 2. The normalized spacial score (nSPS) is 11.0. The quantitative estimate of drug-likeness (QED) is 0.645. The highest BCUT2D eigenvalue weighted by Gasteiger charge is 2.04. The maximum Gasteiger partial charge on any atom is 0.209 e. The van der Waals surface area contributed by atoms with E-state index in [1.54, 1.807) is 11.8 Å². The van der Waals surface area contributed by atoms with Crippen molar-refractivity contribution in [2.45, 2.75) is 24.8 Å². The number of rotatable bonds is 6. The van der Waals surface area contributed by atoms with Crippen LogP contribution in [0.4, 0.5) is 5.69 Å². The molecule has 0 saturated carbocycles. The molecule has 3 aromatic rings. The molecule has 2 aromatic carbocycles. The first kappa shape index (κ1) is 17.2. The molecule has 3 rings (SSSR count). The fourth-order valence-electron chi connectivity index (χ4n) is 2.18. The summed E-state index contributed by atoms with van der Waals surface area (Å²) in [5.74, 6) is 0.830. The lowest BCUT2D eigenvalue weighted by molar-refractivity contribution is 0.806. The molecule has 0 atom stereocenters. The first-order valence-electron chi connectivity index (χ1n) is 8.08. The van der Waals surface area contributed by atoms with Gasteiger partial charge in [-0.1, -0.05) is 59.8 Å². The molecule has 0 bridgehead atoms. The standard InChI is InChI=1S/C20H20N4S/c1-15-8-10-18(11-9-15)21-13-12-19-16(2)23-24-20(22-19)25-14-17-6-4-3-5-7-17/h3-13,21H,14H2,1-2H3/b13-12+. The van der Waals surface area contributed by atoms with Crippen LogP contribution >= 0.6 is 11.8 Å². The molecule has 0 aliphatic rings. The molecule has 126 valence electrons. The number of hydrogen-bond acceptors (Lipinski definition) is 5. The van der Waals surface area contributed by atoms with E-state index in [0.717, 1.165) is 22.8 Å². The van der Waals surface area contributed by atoms with Crippen molar-refractivity contribution < 1.29 is 0 Å². The third-order valence-corrected chi connectivity index (χ3v) is 4.53. The van der Waals surface area contributed by atoms with Gasteiger partial charge in [-0.05, 0) is 37.6 Å².